The zero-order valence-electron chi connectivity index (χ0n) is 32.0. The summed E-state index contributed by atoms with van der Waals surface area (Å²) in [5, 5.41) is 40.8. The Morgan fingerprint density at radius 3 is 2.35 bits per heavy atom. The van der Waals surface area contributed by atoms with Gasteiger partial charge in [-0.05, 0) is 19.9 Å². The number of methoxy groups -OCH3 is 1. The van der Waals surface area contributed by atoms with E-state index in [0.29, 0.717) is 0 Å². The average molecular weight is 751 g/mol. The van der Waals surface area contributed by atoms with Gasteiger partial charge in [0, 0.05) is 61.8 Å². The number of phenols is 1. The SMILES string of the molecule is C=CCO/N=C1\c2c3c(C)c(O)c4c2C(=O)C=C(NC(=O)/C(C)=C\C=C\[C@H](C)[C@H](O)[C@@H](C)[C@@H](O)[C@@H](C)[C@H](OC(C)=O)[C@H](C)[C@@H](OC)/C=C/O[C@@]1(C)O3)C4=O. The third kappa shape index (κ3) is 8.20. The number of hydrogen-bond donors (Lipinski definition) is 4. The molecule has 0 saturated carbocycles. The second kappa shape index (κ2) is 17.0. The topological polar surface area (TPSA) is 200 Å². The van der Waals surface area contributed by atoms with Gasteiger partial charge < -0.3 is 44.4 Å². The Morgan fingerprint density at radius 2 is 1.72 bits per heavy atom. The number of fused-ring (bicyclic) bond motifs is 14. The number of aliphatic hydroxyl groups excluding tert-OH is 2. The molecular formula is C40H50N2O12. The maximum absolute atomic E-state index is 13.9. The predicted octanol–water partition coefficient (Wildman–Crippen LogP) is 4.35. The van der Waals surface area contributed by atoms with Crippen LogP contribution < -0.4 is 10.1 Å². The van der Waals surface area contributed by atoms with Crippen molar-refractivity contribution in [3.05, 3.63) is 82.8 Å². The molecule has 4 N–H and O–H groups in total. The summed E-state index contributed by atoms with van der Waals surface area (Å²) in [6.07, 6.45) is 6.13. The molecule has 14 heteroatoms. The summed E-state index contributed by atoms with van der Waals surface area (Å²) >= 11 is 0. The second-order valence-corrected chi connectivity index (χ2v) is 14.1. The Kier molecular flexibility index (Phi) is 13.1. The van der Waals surface area contributed by atoms with Gasteiger partial charge in [0.2, 0.25) is 5.78 Å². The number of hydrogen-bond acceptors (Lipinski definition) is 13. The number of oxime groups is 1. The molecule has 4 aliphatic rings. The molecule has 0 unspecified atom stereocenters. The monoisotopic (exact) mass is 750 g/mol. The fraction of sp³-hybridized carbons (Fsp3) is 0.475. The number of Topliss-reactive ketones (excluding diaryl/α,β-unsaturated/α-hetero) is 1. The van der Waals surface area contributed by atoms with E-state index in [1.165, 1.54) is 53.2 Å². The van der Waals surface area contributed by atoms with E-state index in [2.05, 4.69) is 17.1 Å². The third-order valence-electron chi connectivity index (χ3n) is 10.2. The molecule has 5 bridgehead atoms. The summed E-state index contributed by atoms with van der Waals surface area (Å²) in [4.78, 5) is 58.7. The van der Waals surface area contributed by atoms with Crippen LogP contribution in [0, 0.1) is 30.6 Å². The number of carbonyl (C=O) groups is 4. The number of carbonyl (C=O) groups excluding carboxylic acids is 4. The number of esters is 1. The molecule has 1 aromatic carbocycles. The van der Waals surface area contributed by atoms with Gasteiger partial charge in [0.1, 0.15) is 24.2 Å². The van der Waals surface area contributed by atoms with Crippen molar-refractivity contribution in [1.82, 2.24) is 5.32 Å². The first-order valence-corrected chi connectivity index (χ1v) is 17.7. The Balaban J connectivity index is 1.90. The van der Waals surface area contributed by atoms with Crippen molar-refractivity contribution in [2.24, 2.45) is 28.8 Å². The molecule has 1 aliphatic carbocycles. The van der Waals surface area contributed by atoms with Crippen LogP contribution in [-0.2, 0) is 28.6 Å². The molecule has 54 heavy (non-hydrogen) atoms. The van der Waals surface area contributed by atoms with Crippen molar-refractivity contribution < 1.29 is 58.3 Å². The Morgan fingerprint density at radius 1 is 1.04 bits per heavy atom. The zero-order valence-corrected chi connectivity index (χ0v) is 32.0. The highest BCUT2D eigenvalue weighted by molar-refractivity contribution is 6.31. The van der Waals surface area contributed by atoms with Gasteiger partial charge in [0.05, 0.1) is 47.0 Å². The molecule has 3 heterocycles. The number of benzene rings is 1. The van der Waals surface area contributed by atoms with Crippen LogP contribution in [0.15, 0.2) is 65.7 Å². The number of allylic oxidation sites excluding steroid dienone is 4. The smallest absolute Gasteiger partial charge is 0.302 e. The van der Waals surface area contributed by atoms with Gasteiger partial charge in [-0.25, -0.2) is 0 Å². The van der Waals surface area contributed by atoms with Crippen LogP contribution in [-0.4, -0.2) is 88.4 Å². The number of phenolic OH excluding ortho intramolecular Hbond substituents is 1. The molecule has 3 aliphatic heterocycles. The minimum absolute atomic E-state index is 0.0150. The molecule has 0 spiro atoms. The van der Waals surface area contributed by atoms with E-state index in [4.69, 9.17) is 23.8 Å². The van der Waals surface area contributed by atoms with E-state index in [1.807, 2.05) is 0 Å². The van der Waals surface area contributed by atoms with E-state index >= 15 is 0 Å². The number of ether oxygens (including phenoxy) is 4. The van der Waals surface area contributed by atoms with Gasteiger partial charge in [-0.1, -0.05) is 63.7 Å². The number of aliphatic hydroxyl groups is 2. The summed E-state index contributed by atoms with van der Waals surface area (Å²) in [5.74, 6) is -7.53. The quantitative estimate of drug-likeness (QED) is 0.144. The number of nitrogens with zero attached hydrogens (tertiary/aromatic N) is 1. The Hall–Kier alpha value is -5.05. The van der Waals surface area contributed by atoms with Gasteiger partial charge in [-0.2, -0.15) is 0 Å². The third-order valence-corrected chi connectivity index (χ3v) is 10.2. The van der Waals surface area contributed by atoms with E-state index in [1.54, 1.807) is 45.9 Å². The molecular weight excluding hydrogens is 700 g/mol. The minimum Gasteiger partial charge on any atom is -0.507 e. The lowest BCUT2D eigenvalue weighted by Crippen LogP contribution is -2.46. The number of rotatable bonds is 5. The van der Waals surface area contributed by atoms with Gasteiger partial charge in [-0.15, -0.1) is 0 Å². The first kappa shape index (κ1) is 41.7. The van der Waals surface area contributed by atoms with E-state index in [-0.39, 0.29) is 51.6 Å². The molecule has 14 nitrogen and oxygen atoms in total. The predicted molar refractivity (Wildman–Crippen MR) is 198 cm³/mol. The second-order valence-electron chi connectivity index (χ2n) is 14.1. The number of amides is 1. The Bertz CT molecular complexity index is 1840. The van der Waals surface area contributed by atoms with Crippen LogP contribution >= 0.6 is 0 Å². The summed E-state index contributed by atoms with van der Waals surface area (Å²) in [6, 6.07) is 0. The first-order chi connectivity index (χ1) is 25.4. The Labute approximate surface area is 314 Å². The summed E-state index contributed by atoms with van der Waals surface area (Å²) in [5.41, 5.74) is -0.655. The molecule has 0 radical (unpaired) electrons. The highest BCUT2D eigenvalue weighted by Gasteiger charge is 2.51. The number of aromatic hydroxyl groups is 1. The normalized spacial score (nSPS) is 33.4. The number of ketones is 2. The fourth-order valence-electron chi connectivity index (χ4n) is 6.92. The lowest BCUT2D eigenvalue weighted by molar-refractivity contribution is -0.160. The average Bonchev–Trinajstić information content (AvgIpc) is 3.42. The fourth-order valence-corrected chi connectivity index (χ4v) is 6.92. The molecule has 0 saturated heterocycles. The molecule has 9 atom stereocenters. The number of nitrogens with one attached hydrogen (secondary N) is 1. The van der Waals surface area contributed by atoms with Crippen LogP contribution in [0.2, 0.25) is 0 Å². The highest BCUT2D eigenvalue weighted by atomic mass is 16.7. The van der Waals surface area contributed by atoms with Crippen molar-refractivity contribution in [2.45, 2.75) is 85.6 Å². The van der Waals surface area contributed by atoms with Crippen LogP contribution in [0.4, 0.5) is 0 Å². The van der Waals surface area contributed by atoms with E-state index < -0.39 is 83.1 Å². The van der Waals surface area contributed by atoms with Gasteiger partial charge in [-0.3, -0.25) is 19.2 Å². The van der Waals surface area contributed by atoms with Crippen LogP contribution in [0.3, 0.4) is 0 Å². The van der Waals surface area contributed by atoms with Crippen molar-refractivity contribution in [1.29, 1.82) is 0 Å². The minimum atomic E-state index is -1.79. The molecule has 1 aromatic rings. The first-order valence-electron chi connectivity index (χ1n) is 17.7. The molecule has 292 valence electrons. The van der Waals surface area contributed by atoms with Gasteiger partial charge in [0.25, 0.3) is 11.7 Å². The zero-order chi connectivity index (χ0) is 40.2. The van der Waals surface area contributed by atoms with Crippen LogP contribution in [0.1, 0.15) is 80.3 Å². The van der Waals surface area contributed by atoms with Crippen LogP contribution in [0.25, 0.3) is 0 Å². The van der Waals surface area contributed by atoms with Gasteiger partial charge >= 0.3 is 5.97 Å². The maximum atomic E-state index is 13.9. The van der Waals surface area contributed by atoms with Crippen molar-refractivity contribution in [3.63, 3.8) is 0 Å². The molecule has 0 fully saturated rings. The van der Waals surface area contributed by atoms with Crippen molar-refractivity contribution >= 4 is 29.2 Å². The summed E-state index contributed by atoms with van der Waals surface area (Å²) in [7, 11) is 1.45. The van der Waals surface area contributed by atoms with E-state index in [9.17, 15) is 34.5 Å². The summed E-state index contributed by atoms with van der Waals surface area (Å²) in [6.45, 7) is 16.3. The van der Waals surface area contributed by atoms with Crippen molar-refractivity contribution in [3.8, 4) is 11.5 Å². The lowest BCUT2D eigenvalue weighted by Gasteiger charge is -2.38. The molecule has 5 rings (SSSR count). The van der Waals surface area contributed by atoms with Gasteiger partial charge in [0.15, 0.2) is 11.5 Å². The van der Waals surface area contributed by atoms with E-state index in [0.717, 1.165) is 6.08 Å². The standard InChI is InChI=1S/C40H50N2O12/c1-11-16-52-42-38-31-29-27(44)18-26-35(48)30(29)34(47)24(7)37(31)54-40(38,9)51-17-15-28(50-10)21(4)36(53-25(8)43)23(6)33(46)22(5)32(45)19(2)13-12-14-20(3)39(49)41-26/h11-15,17-19,21-23,28,32-33,36,45-47H,1,16H2,2-10H3,(H,41,49)/b13-12+,17-15+,20-14-,42-38+/t19-,21+,22+,23+,28-,32-,33+,36+,40-/m0/s1. The molecule has 1 amide bonds. The largest absolute Gasteiger partial charge is 0.507 e. The van der Waals surface area contributed by atoms with Crippen LogP contribution in [0.5, 0.6) is 11.5 Å². The van der Waals surface area contributed by atoms with Crippen molar-refractivity contribution in [2.75, 3.05) is 13.7 Å². The maximum Gasteiger partial charge on any atom is 0.302 e. The summed E-state index contributed by atoms with van der Waals surface area (Å²) < 4.78 is 23.9. The molecule has 0 aromatic heterocycles. The lowest BCUT2D eigenvalue weighted by atomic mass is 9.78. The highest BCUT2D eigenvalue weighted by Crippen LogP contribution is 2.48.